The second-order valence-corrected chi connectivity index (χ2v) is 4.86. The predicted octanol–water partition coefficient (Wildman–Crippen LogP) is 1.11. The molecule has 5 nitrogen and oxygen atoms in total. The van der Waals surface area contributed by atoms with Crippen LogP contribution in [0.2, 0.25) is 0 Å². The molecule has 2 heterocycles. The summed E-state index contributed by atoms with van der Waals surface area (Å²) in [5, 5.41) is 0. The van der Waals surface area contributed by atoms with Gasteiger partial charge < -0.3 is 15.4 Å². The number of carbonyl (C=O) groups is 1. The molecule has 1 amide bonds. The van der Waals surface area contributed by atoms with Crippen molar-refractivity contribution in [3.63, 3.8) is 0 Å². The third-order valence-corrected chi connectivity index (χ3v) is 3.56. The van der Waals surface area contributed by atoms with Gasteiger partial charge in [-0.05, 0) is 30.9 Å². The maximum absolute atomic E-state index is 12.4. The van der Waals surface area contributed by atoms with Crippen molar-refractivity contribution in [3.8, 4) is 0 Å². The van der Waals surface area contributed by atoms with Crippen molar-refractivity contribution in [2.75, 3.05) is 20.3 Å². The lowest BCUT2D eigenvalue weighted by molar-refractivity contribution is -0.134. The Hall–Kier alpha value is -1.46. The number of likely N-dealkylation sites (tertiary alicyclic amines) is 1. The molecule has 2 atom stereocenters. The van der Waals surface area contributed by atoms with Crippen molar-refractivity contribution in [1.82, 2.24) is 9.88 Å². The average Bonchev–Trinajstić information content (AvgIpc) is 2.94. The highest BCUT2D eigenvalue weighted by Crippen LogP contribution is 2.31. The minimum Gasteiger partial charge on any atom is -0.385 e. The van der Waals surface area contributed by atoms with Crippen molar-refractivity contribution in [2.45, 2.75) is 31.3 Å². The van der Waals surface area contributed by atoms with E-state index in [0.29, 0.717) is 13.0 Å². The van der Waals surface area contributed by atoms with Gasteiger partial charge in [0, 0.05) is 32.7 Å². The predicted molar refractivity (Wildman–Crippen MR) is 72.4 cm³/mol. The van der Waals surface area contributed by atoms with Crippen LogP contribution in [0.3, 0.4) is 0 Å². The summed E-state index contributed by atoms with van der Waals surface area (Å²) in [6.07, 6.45) is 6.13. The largest absolute Gasteiger partial charge is 0.385 e. The van der Waals surface area contributed by atoms with Crippen LogP contribution >= 0.6 is 0 Å². The van der Waals surface area contributed by atoms with E-state index in [9.17, 15) is 4.79 Å². The molecule has 0 radical (unpaired) electrons. The summed E-state index contributed by atoms with van der Waals surface area (Å²) >= 11 is 0. The Kier molecular flexibility index (Phi) is 4.87. The van der Waals surface area contributed by atoms with Gasteiger partial charge in [-0.15, -0.1) is 0 Å². The Balaban J connectivity index is 2.04. The Morgan fingerprint density at radius 1 is 1.68 bits per heavy atom. The molecule has 104 valence electrons. The van der Waals surface area contributed by atoms with Gasteiger partial charge in [0.2, 0.25) is 5.91 Å². The summed E-state index contributed by atoms with van der Waals surface area (Å²) in [5.74, 6) is 0.0170. The normalized spacial score (nSPS) is 20.5. The van der Waals surface area contributed by atoms with E-state index in [1.165, 1.54) is 0 Å². The molecule has 5 heteroatoms. The Labute approximate surface area is 113 Å². The lowest BCUT2D eigenvalue weighted by Gasteiger charge is -2.27. The minimum atomic E-state index is -0.475. The van der Waals surface area contributed by atoms with Gasteiger partial charge in [0.1, 0.15) is 0 Å². The van der Waals surface area contributed by atoms with Gasteiger partial charge in [0.05, 0.1) is 12.1 Å². The fraction of sp³-hybridized carbons (Fsp3) is 0.571. The lowest BCUT2D eigenvalue weighted by Crippen LogP contribution is -2.43. The van der Waals surface area contributed by atoms with E-state index in [4.69, 9.17) is 10.5 Å². The van der Waals surface area contributed by atoms with Crippen LogP contribution in [0.4, 0.5) is 0 Å². The number of nitrogens with zero attached hydrogens (tertiary/aromatic N) is 2. The van der Waals surface area contributed by atoms with E-state index in [-0.39, 0.29) is 11.9 Å². The molecule has 0 bridgehead atoms. The zero-order valence-corrected chi connectivity index (χ0v) is 11.3. The number of amides is 1. The van der Waals surface area contributed by atoms with Crippen molar-refractivity contribution in [3.05, 3.63) is 30.1 Å². The number of hydrogen-bond donors (Lipinski definition) is 1. The van der Waals surface area contributed by atoms with Gasteiger partial charge in [-0.25, -0.2) is 0 Å². The lowest BCUT2D eigenvalue weighted by atomic mass is 10.1. The van der Waals surface area contributed by atoms with E-state index in [1.54, 1.807) is 13.3 Å². The van der Waals surface area contributed by atoms with E-state index in [1.807, 2.05) is 23.2 Å². The third kappa shape index (κ3) is 3.30. The first-order valence-corrected chi connectivity index (χ1v) is 6.69. The van der Waals surface area contributed by atoms with E-state index in [2.05, 4.69) is 4.98 Å². The molecule has 1 aromatic heterocycles. The molecule has 1 aliphatic heterocycles. The third-order valence-electron chi connectivity index (χ3n) is 3.56. The first-order chi connectivity index (χ1) is 9.24. The molecule has 2 rings (SSSR count). The van der Waals surface area contributed by atoms with Crippen LogP contribution in [0, 0.1) is 0 Å². The topological polar surface area (TPSA) is 68.5 Å². The van der Waals surface area contributed by atoms with E-state index in [0.717, 1.165) is 24.9 Å². The molecule has 2 unspecified atom stereocenters. The molecule has 1 saturated heterocycles. The van der Waals surface area contributed by atoms with Crippen LogP contribution in [-0.4, -0.2) is 42.1 Å². The second-order valence-electron chi connectivity index (χ2n) is 4.86. The van der Waals surface area contributed by atoms with Gasteiger partial charge in [-0.1, -0.05) is 6.07 Å². The number of pyridine rings is 1. The number of aromatic nitrogens is 1. The summed E-state index contributed by atoms with van der Waals surface area (Å²) < 4.78 is 4.98. The molecule has 0 spiro atoms. The van der Waals surface area contributed by atoms with Crippen molar-refractivity contribution in [1.29, 1.82) is 0 Å². The first kappa shape index (κ1) is 14.0. The van der Waals surface area contributed by atoms with Crippen LogP contribution in [-0.2, 0) is 9.53 Å². The van der Waals surface area contributed by atoms with Gasteiger partial charge in [0.25, 0.3) is 0 Å². The van der Waals surface area contributed by atoms with Crippen LogP contribution in [0.25, 0.3) is 0 Å². The van der Waals surface area contributed by atoms with Crippen LogP contribution < -0.4 is 5.73 Å². The smallest absolute Gasteiger partial charge is 0.240 e. The molecule has 0 saturated carbocycles. The summed E-state index contributed by atoms with van der Waals surface area (Å²) in [7, 11) is 1.62. The van der Waals surface area contributed by atoms with Gasteiger partial charge >= 0.3 is 0 Å². The number of carbonyl (C=O) groups excluding carboxylic acids is 1. The minimum absolute atomic E-state index is 0.0170. The maximum Gasteiger partial charge on any atom is 0.240 e. The standard InChI is InChI=1S/C14H21N3O2/c1-19-9-6-12(15)14(18)17-8-3-5-13(17)11-4-2-7-16-10-11/h2,4,7,10,12-13H,3,5-6,8-9,15H2,1H3. The highest BCUT2D eigenvalue weighted by molar-refractivity contribution is 5.82. The van der Waals surface area contributed by atoms with Crippen LogP contribution in [0.15, 0.2) is 24.5 Å². The van der Waals surface area contributed by atoms with Crippen LogP contribution in [0.5, 0.6) is 0 Å². The quantitative estimate of drug-likeness (QED) is 0.864. The second kappa shape index (κ2) is 6.63. The van der Waals surface area contributed by atoms with Crippen molar-refractivity contribution in [2.24, 2.45) is 5.73 Å². The fourth-order valence-corrected chi connectivity index (χ4v) is 2.53. The van der Waals surface area contributed by atoms with Crippen molar-refractivity contribution >= 4 is 5.91 Å². The van der Waals surface area contributed by atoms with E-state index >= 15 is 0 Å². The Morgan fingerprint density at radius 3 is 3.21 bits per heavy atom. The Morgan fingerprint density at radius 2 is 2.53 bits per heavy atom. The van der Waals surface area contributed by atoms with Gasteiger partial charge in [0.15, 0.2) is 0 Å². The number of methoxy groups -OCH3 is 1. The monoisotopic (exact) mass is 263 g/mol. The molecule has 19 heavy (non-hydrogen) atoms. The number of hydrogen-bond acceptors (Lipinski definition) is 4. The average molecular weight is 263 g/mol. The fourth-order valence-electron chi connectivity index (χ4n) is 2.53. The summed E-state index contributed by atoms with van der Waals surface area (Å²) in [4.78, 5) is 18.4. The summed E-state index contributed by atoms with van der Waals surface area (Å²) in [6.45, 7) is 1.29. The van der Waals surface area contributed by atoms with E-state index < -0.39 is 6.04 Å². The highest BCUT2D eigenvalue weighted by atomic mass is 16.5. The van der Waals surface area contributed by atoms with Gasteiger partial charge in [-0.3, -0.25) is 9.78 Å². The summed E-state index contributed by atoms with van der Waals surface area (Å²) in [5.41, 5.74) is 7.03. The highest BCUT2D eigenvalue weighted by Gasteiger charge is 2.32. The number of nitrogens with two attached hydrogens (primary N) is 1. The molecular formula is C14H21N3O2. The molecule has 1 fully saturated rings. The first-order valence-electron chi connectivity index (χ1n) is 6.69. The molecule has 0 aliphatic carbocycles. The Bertz CT molecular complexity index is 410. The SMILES string of the molecule is COCCC(N)C(=O)N1CCCC1c1cccnc1. The zero-order valence-electron chi connectivity index (χ0n) is 11.3. The van der Waals surface area contributed by atoms with Gasteiger partial charge in [-0.2, -0.15) is 0 Å². The zero-order chi connectivity index (χ0) is 13.7. The van der Waals surface area contributed by atoms with Crippen molar-refractivity contribution < 1.29 is 9.53 Å². The maximum atomic E-state index is 12.4. The number of ether oxygens (including phenoxy) is 1. The number of rotatable bonds is 5. The van der Waals surface area contributed by atoms with Crippen LogP contribution in [0.1, 0.15) is 30.9 Å². The molecule has 0 aromatic carbocycles. The molecular weight excluding hydrogens is 242 g/mol. The molecule has 1 aromatic rings. The summed E-state index contributed by atoms with van der Waals surface area (Å²) in [6, 6.07) is 3.57. The molecule has 1 aliphatic rings. The molecule has 2 N–H and O–H groups in total.